The quantitative estimate of drug-likeness (QED) is 0.557. The minimum atomic E-state index is -0.763. The summed E-state index contributed by atoms with van der Waals surface area (Å²) in [5.41, 5.74) is 3.69. The summed E-state index contributed by atoms with van der Waals surface area (Å²) in [6.45, 7) is 15.1. The van der Waals surface area contributed by atoms with Gasteiger partial charge in [0.05, 0.1) is 6.10 Å². The van der Waals surface area contributed by atoms with E-state index in [-0.39, 0.29) is 23.9 Å². The fraction of sp³-hybridized carbons (Fsp3) is 0.708. The molecule has 3 heteroatoms. The van der Waals surface area contributed by atoms with E-state index in [0.717, 1.165) is 31.3 Å². The monoisotopic (exact) mass is 374 g/mol. The van der Waals surface area contributed by atoms with E-state index in [9.17, 15) is 9.90 Å². The third kappa shape index (κ3) is 4.56. The van der Waals surface area contributed by atoms with Crippen LogP contribution in [-0.2, 0) is 4.79 Å². The molecular formula is C24H38O3. The first-order valence-corrected chi connectivity index (χ1v) is 10.5. The molecule has 2 fully saturated rings. The topological polar surface area (TPSA) is 57.5 Å². The summed E-state index contributed by atoms with van der Waals surface area (Å²) in [6, 6.07) is 0. The molecule has 2 saturated carbocycles. The van der Waals surface area contributed by atoms with Crippen molar-refractivity contribution in [2.75, 3.05) is 0 Å². The smallest absolute Gasteiger partial charge is 0.303 e. The van der Waals surface area contributed by atoms with Gasteiger partial charge in [0.25, 0.3) is 0 Å². The Kier molecular flexibility index (Phi) is 7.13. The maximum Gasteiger partial charge on any atom is 0.303 e. The van der Waals surface area contributed by atoms with Gasteiger partial charge in [-0.2, -0.15) is 0 Å². The summed E-state index contributed by atoms with van der Waals surface area (Å²) in [4.78, 5) is 11.0. The van der Waals surface area contributed by atoms with Gasteiger partial charge in [-0.25, -0.2) is 0 Å². The van der Waals surface area contributed by atoms with Crippen molar-refractivity contribution in [2.24, 2.45) is 29.1 Å². The van der Waals surface area contributed by atoms with Crippen molar-refractivity contribution in [1.82, 2.24) is 0 Å². The minimum absolute atomic E-state index is 0.0863. The van der Waals surface area contributed by atoms with E-state index in [2.05, 4.69) is 53.3 Å². The fourth-order valence-electron chi connectivity index (χ4n) is 5.82. The molecule has 0 aromatic heterocycles. The van der Waals surface area contributed by atoms with Gasteiger partial charge in [-0.3, -0.25) is 4.79 Å². The largest absolute Gasteiger partial charge is 0.481 e. The van der Waals surface area contributed by atoms with Crippen LogP contribution < -0.4 is 0 Å². The van der Waals surface area contributed by atoms with Gasteiger partial charge in [0.15, 0.2) is 0 Å². The number of aliphatic hydroxyl groups is 1. The number of carbonyl (C=O) groups is 1. The Hall–Kier alpha value is -1.35. The molecule has 0 aliphatic heterocycles. The molecule has 0 heterocycles. The molecule has 0 spiro atoms. The zero-order chi connectivity index (χ0) is 20.4. The summed E-state index contributed by atoms with van der Waals surface area (Å²) in [5.74, 6) is 0.790. The van der Waals surface area contributed by atoms with E-state index in [1.807, 2.05) is 0 Å². The molecule has 0 aromatic rings. The zero-order valence-electron chi connectivity index (χ0n) is 17.8. The van der Waals surface area contributed by atoms with Gasteiger partial charge in [-0.1, -0.05) is 50.1 Å². The summed E-state index contributed by atoms with van der Waals surface area (Å²) in [6.07, 6.45) is 8.91. The van der Waals surface area contributed by atoms with Gasteiger partial charge in [0.1, 0.15) is 0 Å². The summed E-state index contributed by atoms with van der Waals surface area (Å²) in [5, 5.41) is 20.1. The van der Waals surface area contributed by atoms with Crippen molar-refractivity contribution in [3.05, 3.63) is 35.5 Å². The summed E-state index contributed by atoms with van der Waals surface area (Å²) < 4.78 is 0. The SMILES string of the molecule is C=C(C)/C(=C\C=C(C)C)[C@H]1CC[C@]2(C)[C@@H](O)[C@@H](CCC(=O)O)C[C@H]2[C@@H]1CC. The maximum atomic E-state index is 11.0. The second-order valence-corrected chi connectivity index (χ2v) is 9.35. The van der Waals surface area contributed by atoms with Gasteiger partial charge in [0.2, 0.25) is 0 Å². The Bertz CT molecular complexity index is 626. The number of aliphatic carboxylic acids is 1. The van der Waals surface area contributed by atoms with E-state index in [0.29, 0.717) is 24.2 Å². The zero-order valence-corrected chi connectivity index (χ0v) is 17.8. The molecule has 3 nitrogen and oxygen atoms in total. The average Bonchev–Trinajstić information content (AvgIpc) is 2.84. The summed E-state index contributed by atoms with van der Waals surface area (Å²) >= 11 is 0. The molecule has 6 atom stereocenters. The molecule has 152 valence electrons. The Morgan fingerprint density at radius 2 is 1.93 bits per heavy atom. The van der Waals surface area contributed by atoms with Crippen LogP contribution in [0.4, 0.5) is 0 Å². The summed E-state index contributed by atoms with van der Waals surface area (Å²) in [7, 11) is 0. The number of aliphatic hydroxyl groups excluding tert-OH is 1. The standard InChI is InChI=1S/C24H38O3/c1-7-18-20(19(16(4)5)10-8-15(2)3)12-13-24(6)21(18)14-17(23(24)27)9-11-22(25)26/h8,10,17-18,20-21,23,27H,4,7,9,11-14H2,1-3,5-6H3,(H,25,26)/b19-10+/t17-,18+,20-,21-,23-,24-/m0/s1. The number of hydrogen-bond acceptors (Lipinski definition) is 2. The van der Waals surface area contributed by atoms with Crippen molar-refractivity contribution in [2.45, 2.75) is 79.2 Å². The van der Waals surface area contributed by atoms with Gasteiger partial charge in [-0.15, -0.1) is 0 Å². The lowest BCUT2D eigenvalue weighted by Crippen LogP contribution is -2.44. The van der Waals surface area contributed by atoms with Crippen molar-refractivity contribution in [3.8, 4) is 0 Å². The highest BCUT2D eigenvalue weighted by Crippen LogP contribution is 2.60. The molecule has 2 aliphatic carbocycles. The normalized spacial score (nSPS) is 36.2. The number of allylic oxidation sites excluding steroid dienone is 5. The van der Waals surface area contributed by atoms with Crippen molar-refractivity contribution in [3.63, 3.8) is 0 Å². The van der Waals surface area contributed by atoms with E-state index in [1.54, 1.807) is 0 Å². The predicted octanol–water partition coefficient (Wildman–Crippen LogP) is 5.76. The number of hydrogen-bond donors (Lipinski definition) is 2. The first-order chi connectivity index (χ1) is 12.6. The Morgan fingerprint density at radius 1 is 1.26 bits per heavy atom. The van der Waals surface area contributed by atoms with Crippen molar-refractivity contribution in [1.29, 1.82) is 0 Å². The van der Waals surface area contributed by atoms with E-state index >= 15 is 0 Å². The molecule has 0 aromatic carbocycles. The van der Waals surface area contributed by atoms with E-state index < -0.39 is 5.97 Å². The van der Waals surface area contributed by atoms with Crippen molar-refractivity contribution < 1.29 is 15.0 Å². The fourth-order valence-corrected chi connectivity index (χ4v) is 5.82. The lowest BCUT2D eigenvalue weighted by molar-refractivity contribution is -0.137. The number of rotatable bonds is 7. The molecule has 0 amide bonds. The van der Waals surface area contributed by atoms with Crippen molar-refractivity contribution >= 4 is 5.97 Å². The molecule has 2 aliphatic rings. The van der Waals surface area contributed by atoms with Gasteiger partial charge in [-0.05, 0) is 81.1 Å². The number of carboxylic acids is 1. The number of fused-ring (bicyclic) bond motifs is 1. The first-order valence-electron chi connectivity index (χ1n) is 10.5. The first kappa shape index (κ1) is 21.9. The van der Waals surface area contributed by atoms with Crippen LogP contribution in [0.25, 0.3) is 0 Å². The van der Waals surface area contributed by atoms with Crippen LogP contribution in [0, 0.1) is 29.1 Å². The van der Waals surface area contributed by atoms with Crippen LogP contribution in [0.1, 0.15) is 73.1 Å². The highest BCUT2D eigenvalue weighted by atomic mass is 16.4. The number of carboxylic acid groups (broad SMARTS) is 1. The highest BCUT2D eigenvalue weighted by molar-refractivity contribution is 5.66. The van der Waals surface area contributed by atoms with Crippen LogP contribution in [0.15, 0.2) is 35.5 Å². The minimum Gasteiger partial charge on any atom is -0.481 e. The van der Waals surface area contributed by atoms with E-state index in [1.165, 1.54) is 11.1 Å². The Balaban J connectivity index is 2.30. The molecule has 0 radical (unpaired) electrons. The third-order valence-electron chi connectivity index (χ3n) is 7.24. The lowest BCUT2D eigenvalue weighted by Gasteiger charge is -2.48. The van der Waals surface area contributed by atoms with Crippen LogP contribution in [0.2, 0.25) is 0 Å². The second-order valence-electron chi connectivity index (χ2n) is 9.35. The van der Waals surface area contributed by atoms with Crippen LogP contribution in [0.5, 0.6) is 0 Å². The average molecular weight is 375 g/mol. The molecule has 0 unspecified atom stereocenters. The molecule has 0 bridgehead atoms. The lowest BCUT2D eigenvalue weighted by atomic mass is 9.57. The van der Waals surface area contributed by atoms with Gasteiger partial charge < -0.3 is 10.2 Å². The maximum absolute atomic E-state index is 11.0. The van der Waals surface area contributed by atoms with Crippen LogP contribution in [-0.4, -0.2) is 22.3 Å². The Morgan fingerprint density at radius 3 is 2.44 bits per heavy atom. The Labute approximate surface area is 165 Å². The molecule has 27 heavy (non-hydrogen) atoms. The predicted molar refractivity (Wildman–Crippen MR) is 111 cm³/mol. The van der Waals surface area contributed by atoms with Crippen LogP contribution in [0.3, 0.4) is 0 Å². The second kappa shape index (κ2) is 8.77. The third-order valence-corrected chi connectivity index (χ3v) is 7.24. The molecule has 2 rings (SSSR count). The molecule has 0 saturated heterocycles. The van der Waals surface area contributed by atoms with E-state index in [4.69, 9.17) is 5.11 Å². The van der Waals surface area contributed by atoms with Gasteiger partial charge in [0, 0.05) is 6.42 Å². The molecular weight excluding hydrogens is 336 g/mol. The highest BCUT2D eigenvalue weighted by Gasteiger charge is 2.56. The van der Waals surface area contributed by atoms with Gasteiger partial charge >= 0.3 is 5.97 Å². The van der Waals surface area contributed by atoms with Crippen LogP contribution >= 0.6 is 0 Å². The molecule has 2 N–H and O–H groups in total.